The van der Waals surface area contributed by atoms with Gasteiger partial charge in [0.25, 0.3) is 0 Å². The van der Waals surface area contributed by atoms with Crippen LogP contribution in [0, 0.1) is 5.82 Å². The number of nitrogens with one attached hydrogen (secondary N) is 1. The first-order valence-corrected chi connectivity index (χ1v) is 6.62. The van der Waals surface area contributed by atoms with Gasteiger partial charge in [-0.15, -0.1) is 0 Å². The van der Waals surface area contributed by atoms with E-state index in [0.29, 0.717) is 5.69 Å². The second kappa shape index (κ2) is 7.21. The maximum absolute atomic E-state index is 12.8. The van der Waals surface area contributed by atoms with Crippen molar-refractivity contribution in [1.29, 1.82) is 0 Å². The summed E-state index contributed by atoms with van der Waals surface area (Å²) in [6.07, 6.45) is 0. The molecule has 0 aromatic heterocycles. The summed E-state index contributed by atoms with van der Waals surface area (Å²) in [5.41, 5.74) is 1.22. The van der Waals surface area contributed by atoms with Crippen LogP contribution in [0.25, 0.3) is 0 Å². The first-order chi connectivity index (χ1) is 10.5. The maximum atomic E-state index is 12.8. The van der Waals surface area contributed by atoms with Gasteiger partial charge in [-0.2, -0.15) is 0 Å². The van der Waals surface area contributed by atoms with Gasteiger partial charge in [0, 0.05) is 12.2 Å². The van der Waals surface area contributed by atoms with E-state index in [2.05, 4.69) is 5.32 Å². The van der Waals surface area contributed by atoms with Gasteiger partial charge in [-0.05, 0) is 29.8 Å². The SMILES string of the molecule is O=C(O)CN(Cc1ccccc1)C(=O)Nc1ccc(F)cc1. The van der Waals surface area contributed by atoms with Crippen molar-refractivity contribution in [1.82, 2.24) is 4.90 Å². The molecule has 0 fully saturated rings. The number of carboxylic acids is 1. The molecule has 0 spiro atoms. The zero-order valence-corrected chi connectivity index (χ0v) is 11.7. The second-order valence-electron chi connectivity index (χ2n) is 4.67. The summed E-state index contributed by atoms with van der Waals surface area (Å²) in [4.78, 5) is 24.3. The van der Waals surface area contributed by atoms with E-state index in [9.17, 15) is 14.0 Å². The quantitative estimate of drug-likeness (QED) is 0.892. The first-order valence-electron chi connectivity index (χ1n) is 6.62. The minimum absolute atomic E-state index is 0.167. The molecule has 114 valence electrons. The first kappa shape index (κ1) is 15.5. The number of carbonyl (C=O) groups is 2. The van der Waals surface area contributed by atoms with Gasteiger partial charge in [-0.25, -0.2) is 9.18 Å². The van der Waals surface area contributed by atoms with Crippen molar-refractivity contribution in [3.8, 4) is 0 Å². The maximum Gasteiger partial charge on any atom is 0.323 e. The predicted octanol–water partition coefficient (Wildman–Crippen LogP) is 2.94. The molecule has 5 nitrogen and oxygen atoms in total. The van der Waals surface area contributed by atoms with Crippen LogP contribution >= 0.6 is 0 Å². The molecule has 0 bridgehead atoms. The van der Waals surface area contributed by atoms with Gasteiger partial charge in [0.2, 0.25) is 0 Å². The molecule has 0 saturated heterocycles. The third kappa shape index (κ3) is 4.59. The summed E-state index contributed by atoms with van der Waals surface area (Å²) in [6.45, 7) is -0.262. The number of urea groups is 1. The van der Waals surface area contributed by atoms with Gasteiger partial charge in [0.05, 0.1) is 0 Å². The highest BCUT2D eigenvalue weighted by Gasteiger charge is 2.17. The molecule has 0 aliphatic rings. The van der Waals surface area contributed by atoms with E-state index in [4.69, 9.17) is 5.11 Å². The third-order valence-electron chi connectivity index (χ3n) is 2.93. The van der Waals surface area contributed by atoms with Crippen LogP contribution in [-0.4, -0.2) is 28.6 Å². The van der Waals surface area contributed by atoms with Crippen molar-refractivity contribution >= 4 is 17.7 Å². The van der Waals surface area contributed by atoms with Gasteiger partial charge in [-0.1, -0.05) is 30.3 Å². The van der Waals surface area contributed by atoms with Crippen LogP contribution in [0.4, 0.5) is 14.9 Å². The Labute approximate surface area is 127 Å². The van der Waals surface area contributed by atoms with E-state index in [0.717, 1.165) is 5.56 Å². The topological polar surface area (TPSA) is 69.6 Å². The predicted molar refractivity (Wildman–Crippen MR) is 79.9 cm³/mol. The van der Waals surface area contributed by atoms with Crippen molar-refractivity contribution in [2.45, 2.75) is 6.54 Å². The van der Waals surface area contributed by atoms with E-state index in [-0.39, 0.29) is 6.54 Å². The number of nitrogens with zero attached hydrogens (tertiary/aromatic N) is 1. The summed E-state index contributed by atoms with van der Waals surface area (Å²) in [5, 5.41) is 11.5. The van der Waals surface area contributed by atoms with E-state index >= 15 is 0 Å². The number of carboxylic acid groups (broad SMARTS) is 1. The average molecular weight is 302 g/mol. The molecule has 0 saturated carbocycles. The van der Waals surface area contributed by atoms with Crippen molar-refractivity contribution in [3.63, 3.8) is 0 Å². The number of hydrogen-bond acceptors (Lipinski definition) is 2. The fourth-order valence-electron chi connectivity index (χ4n) is 1.90. The van der Waals surface area contributed by atoms with Crippen LogP contribution in [0.15, 0.2) is 54.6 Å². The van der Waals surface area contributed by atoms with Gasteiger partial charge in [0.1, 0.15) is 12.4 Å². The standard InChI is InChI=1S/C16H15FN2O3/c17-13-6-8-14(9-7-13)18-16(22)19(11-15(20)21)10-12-4-2-1-3-5-12/h1-9H,10-11H2,(H,18,22)(H,20,21). The molecule has 2 aromatic rings. The highest BCUT2D eigenvalue weighted by molar-refractivity contribution is 5.91. The fourth-order valence-corrected chi connectivity index (χ4v) is 1.90. The van der Waals surface area contributed by atoms with Crippen molar-refractivity contribution in [2.75, 3.05) is 11.9 Å². The molecule has 6 heteroatoms. The number of halogens is 1. The number of anilines is 1. The summed E-state index contributed by atoms with van der Waals surface area (Å²) < 4.78 is 12.8. The highest BCUT2D eigenvalue weighted by atomic mass is 19.1. The molecule has 0 aliphatic carbocycles. The number of carbonyl (C=O) groups excluding carboxylic acids is 1. The van der Waals surface area contributed by atoms with Crippen LogP contribution in [0.5, 0.6) is 0 Å². The van der Waals surface area contributed by atoms with Crippen LogP contribution in [0.1, 0.15) is 5.56 Å². The smallest absolute Gasteiger partial charge is 0.323 e. The van der Waals surface area contributed by atoms with Gasteiger partial charge in [0.15, 0.2) is 0 Å². The minimum Gasteiger partial charge on any atom is -0.480 e. The normalized spacial score (nSPS) is 10.0. The number of rotatable bonds is 5. The number of hydrogen-bond donors (Lipinski definition) is 2. The molecule has 0 radical (unpaired) electrons. The highest BCUT2D eigenvalue weighted by Crippen LogP contribution is 2.11. The Morgan fingerprint density at radius 1 is 1.05 bits per heavy atom. The summed E-state index contributed by atoms with van der Waals surface area (Å²) in [6, 6.07) is 13.8. The average Bonchev–Trinajstić information content (AvgIpc) is 2.49. The van der Waals surface area contributed by atoms with Gasteiger partial charge in [-0.3, -0.25) is 4.79 Å². The Morgan fingerprint density at radius 2 is 1.68 bits per heavy atom. The van der Waals surface area contributed by atoms with Gasteiger partial charge >= 0.3 is 12.0 Å². The second-order valence-corrected chi connectivity index (χ2v) is 4.67. The zero-order valence-electron chi connectivity index (χ0n) is 11.7. The molecule has 0 heterocycles. The molecular formula is C16H15FN2O3. The van der Waals surface area contributed by atoms with Crippen LogP contribution in [0.3, 0.4) is 0 Å². The van der Waals surface area contributed by atoms with E-state index in [1.807, 2.05) is 18.2 Å². The Bertz CT molecular complexity index is 644. The molecule has 2 aromatic carbocycles. The monoisotopic (exact) mass is 302 g/mol. The Balaban J connectivity index is 2.08. The minimum atomic E-state index is -1.11. The molecular weight excluding hydrogens is 287 g/mol. The van der Waals surface area contributed by atoms with Crippen LogP contribution < -0.4 is 5.32 Å². The number of amides is 2. The summed E-state index contributed by atoms with van der Waals surface area (Å²) >= 11 is 0. The fraction of sp³-hybridized carbons (Fsp3) is 0.125. The molecule has 0 aliphatic heterocycles. The lowest BCUT2D eigenvalue weighted by Gasteiger charge is -2.21. The Hall–Kier alpha value is -2.89. The number of aliphatic carboxylic acids is 1. The lowest BCUT2D eigenvalue weighted by atomic mass is 10.2. The van der Waals surface area contributed by atoms with Crippen molar-refractivity contribution in [2.24, 2.45) is 0 Å². The largest absolute Gasteiger partial charge is 0.480 e. The van der Waals surface area contributed by atoms with Crippen LogP contribution in [-0.2, 0) is 11.3 Å². The summed E-state index contributed by atoms with van der Waals surface area (Å²) in [5.74, 6) is -1.52. The molecule has 0 atom stereocenters. The van der Waals surface area contributed by atoms with Gasteiger partial charge < -0.3 is 15.3 Å². The molecule has 0 unspecified atom stereocenters. The summed E-state index contributed by atoms with van der Waals surface area (Å²) in [7, 11) is 0. The lowest BCUT2D eigenvalue weighted by Crippen LogP contribution is -2.38. The van der Waals surface area contributed by atoms with Crippen molar-refractivity contribution in [3.05, 3.63) is 66.0 Å². The zero-order chi connectivity index (χ0) is 15.9. The molecule has 2 amide bonds. The third-order valence-corrected chi connectivity index (χ3v) is 2.93. The van der Waals surface area contributed by atoms with E-state index in [1.54, 1.807) is 12.1 Å². The van der Waals surface area contributed by atoms with Crippen molar-refractivity contribution < 1.29 is 19.1 Å². The molecule has 2 rings (SSSR count). The Morgan fingerprint density at radius 3 is 2.27 bits per heavy atom. The lowest BCUT2D eigenvalue weighted by molar-refractivity contribution is -0.137. The molecule has 2 N–H and O–H groups in total. The van der Waals surface area contributed by atoms with Crippen LogP contribution in [0.2, 0.25) is 0 Å². The van der Waals surface area contributed by atoms with E-state index < -0.39 is 24.4 Å². The number of benzene rings is 2. The molecule has 22 heavy (non-hydrogen) atoms. The Kier molecular flexibility index (Phi) is 5.08. The van der Waals surface area contributed by atoms with E-state index in [1.165, 1.54) is 29.2 Å².